The van der Waals surface area contributed by atoms with Gasteiger partial charge in [-0.3, -0.25) is 9.48 Å². The summed E-state index contributed by atoms with van der Waals surface area (Å²) in [5.41, 5.74) is 7.84. The molecule has 2 unspecified atom stereocenters. The van der Waals surface area contributed by atoms with E-state index < -0.39 is 0 Å². The highest BCUT2D eigenvalue weighted by Gasteiger charge is 2.39. The van der Waals surface area contributed by atoms with Crippen LogP contribution in [0.3, 0.4) is 0 Å². The Morgan fingerprint density at radius 1 is 1.32 bits per heavy atom. The third kappa shape index (κ3) is 1.91. The third-order valence-corrected chi connectivity index (χ3v) is 4.74. The maximum Gasteiger partial charge on any atom is 0.274 e. The van der Waals surface area contributed by atoms with Crippen molar-refractivity contribution < 1.29 is 4.79 Å². The predicted octanol–water partition coefficient (Wildman–Crippen LogP) is 1.72. The topological polar surface area (TPSA) is 64.2 Å². The summed E-state index contributed by atoms with van der Waals surface area (Å²) in [6.45, 7) is 2.72. The van der Waals surface area contributed by atoms with Gasteiger partial charge in [0.1, 0.15) is 5.69 Å². The number of carbonyl (C=O) groups excluding carboxylic acids is 1. The number of amides is 1. The molecular weight excluding hydrogens is 240 g/mol. The van der Waals surface area contributed by atoms with Crippen LogP contribution in [0.2, 0.25) is 0 Å². The Kier molecular flexibility index (Phi) is 2.99. The summed E-state index contributed by atoms with van der Waals surface area (Å²) in [5, 5.41) is 4.25. The second kappa shape index (κ2) is 4.54. The monoisotopic (exact) mass is 262 g/mol. The van der Waals surface area contributed by atoms with Gasteiger partial charge in [0.05, 0.1) is 11.4 Å². The minimum atomic E-state index is 0.0648. The number of likely N-dealkylation sites (tertiary alicyclic amines) is 1. The Balaban J connectivity index is 1.88. The molecule has 1 saturated heterocycles. The van der Waals surface area contributed by atoms with E-state index in [2.05, 4.69) is 5.10 Å². The van der Waals surface area contributed by atoms with Gasteiger partial charge in [-0.15, -0.1) is 0 Å². The Morgan fingerprint density at radius 3 is 2.74 bits per heavy atom. The fraction of sp³-hybridized carbons (Fsp3) is 0.714. The molecule has 3 rings (SSSR count). The van der Waals surface area contributed by atoms with Crippen molar-refractivity contribution in [1.29, 1.82) is 0 Å². The van der Waals surface area contributed by atoms with Crippen LogP contribution in [-0.2, 0) is 7.05 Å². The lowest BCUT2D eigenvalue weighted by Crippen LogP contribution is -2.40. The summed E-state index contributed by atoms with van der Waals surface area (Å²) in [7, 11) is 1.80. The molecule has 2 aliphatic rings. The molecule has 1 amide bonds. The molecule has 2 fully saturated rings. The number of nitrogen functional groups attached to an aromatic ring is 1. The Bertz CT molecular complexity index is 508. The van der Waals surface area contributed by atoms with E-state index in [9.17, 15) is 4.79 Å². The minimum Gasteiger partial charge on any atom is -0.395 e. The number of hydrogen-bond acceptors (Lipinski definition) is 3. The normalized spacial score (nSPS) is 26.5. The largest absolute Gasteiger partial charge is 0.395 e. The third-order valence-electron chi connectivity index (χ3n) is 4.74. The number of fused-ring (bicyclic) bond motifs is 1. The standard InChI is InChI=1S/C14H22N4O/c1-9-12(15)13(17(2)16-9)14(19)18-8-7-10-5-3-4-6-11(10)18/h10-11H,3-8,15H2,1-2H3. The Morgan fingerprint density at radius 2 is 2.05 bits per heavy atom. The van der Waals surface area contributed by atoms with Crippen LogP contribution in [0.4, 0.5) is 5.69 Å². The molecule has 2 N–H and O–H groups in total. The van der Waals surface area contributed by atoms with Crippen LogP contribution in [0.1, 0.15) is 48.3 Å². The molecule has 1 aliphatic heterocycles. The predicted molar refractivity (Wildman–Crippen MR) is 73.8 cm³/mol. The van der Waals surface area contributed by atoms with Crippen molar-refractivity contribution in [2.45, 2.75) is 45.1 Å². The van der Waals surface area contributed by atoms with Crippen LogP contribution in [0.25, 0.3) is 0 Å². The highest BCUT2D eigenvalue weighted by Crippen LogP contribution is 2.37. The summed E-state index contributed by atoms with van der Waals surface area (Å²) >= 11 is 0. The summed E-state index contributed by atoms with van der Waals surface area (Å²) < 4.78 is 1.63. The first-order valence-corrected chi connectivity index (χ1v) is 7.19. The smallest absolute Gasteiger partial charge is 0.274 e. The van der Waals surface area contributed by atoms with Crippen molar-refractivity contribution in [3.05, 3.63) is 11.4 Å². The fourth-order valence-electron chi connectivity index (χ4n) is 3.72. The molecule has 1 aromatic heterocycles. The van der Waals surface area contributed by atoms with Gasteiger partial charge in [0.2, 0.25) is 0 Å². The molecule has 0 bridgehead atoms. The molecular formula is C14H22N4O. The fourth-order valence-corrected chi connectivity index (χ4v) is 3.72. The molecule has 104 valence electrons. The molecule has 0 radical (unpaired) electrons. The number of aryl methyl sites for hydroxylation is 2. The molecule has 0 spiro atoms. The summed E-state index contributed by atoms with van der Waals surface area (Å²) in [6, 6.07) is 0.427. The van der Waals surface area contributed by atoms with Crippen molar-refractivity contribution in [3.63, 3.8) is 0 Å². The zero-order valence-electron chi connectivity index (χ0n) is 11.7. The quantitative estimate of drug-likeness (QED) is 0.838. The average Bonchev–Trinajstić information content (AvgIpc) is 2.91. The van der Waals surface area contributed by atoms with Crippen LogP contribution >= 0.6 is 0 Å². The molecule has 2 heterocycles. The second-order valence-corrected chi connectivity index (χ2v) is 5.87. The molecule has 19 heavy (non-hydrogen) atoms. The highest BCUT2D eigenvalue weighted by molar-refractivity contribution is 5.98. The SMILES string of the molecule is Cc1nn(C)c(C(=O)N2CCC3CCCCC32)c1N. The summed E-state index contributed by atoms with van der Waals surface area (Å²) in [6.07, 6.45) is 6.12. The van der Waals surface area contributed by atoms with Gasteiger partial charge < -0.3 is 10.6 Å². The van der Waals surface area contributed by atoms with Crippen LogP contribution in [0, 0.1) is 12.8 Å². The number of hydrogen-bond donors (Lipinski definition) is 1. The van der Waals surface area contributed by atoms with E-state index in [1.54, 1.807) is 11.7 Å². The molecule has 0 aromatic carbocycles. The Hall–Kier alpha value is -1.52. The first kappa shape index (κ1) is 12.5. The van der Waals surface area contributed by atoms with Gasteiger partial charge in [0.25, 0.3) is 5.91 Å². The van der Waals surface area contributed by atoms with Crippen LogP contribution < -0.4 is 5.73 Å². The van der Waals surface area contributed by atoms with E-state index in [0.717, 1.165) is 25.1 Å². The van der Waals surface area contributed by atoms with Gasteiger partial charge in [0.15, 0.2) is 0 Å². The average molecular weight is 262 g/mol. The van der Waals surface area contributed by atoms with E-state index in [1.807, 2.05) is 11.8 Å². The lowest BCUT2D eigenvalue weighted by molar-refractivity contribution is 0.0680. The van der Waals surface area contributed by atoms with Crippen molar-refractivity contribution in [1.82, 2.24) is 14.7 Å². The first-order chi connectivity index (χ1) is 9.09. The minimum absolute atomic E-state index is 0.0648. The highest BCUT2D eigenvalue weighted by atomic mass is 16.2. The van der Waals surface area contributed by atoms with E-state index >= 15 is 0 Å². The number of aromatic nitrogens is 2. The van der Waals surface area contributed by atoms with Gasteiger partial charge in [-0.2, -0.15) is 5.10 Å². The number of nitrogens with two attached hydrogens (primary N) is 1. The lowest BCUT2D eigenvalue weighted by Gasteiger charge is -2.31. The Labute approximate surface area is 113 Å². The summed E-state index contributed by atoms with van der Waals surface area (Å²) in [4.78, 5) is 14.8. The van der Waals surface area contributed by atoms with Crippen molar-refractivity contribution in [2.24, 2.45) is 13.0 Å². The van der Waals surface area contributed by atoms with Crippen molar-refractivity contribution in [3.8, 4) is 0 Å². The van der Waals surface area contributed by atoms with Gasteiger partial charge >= 0.3 is 0 Å². The number of rotatable bonds is 1. The van der Waals surface area contributed by atoms with Crippen LogP contribution in [0.15, 0.2) is 0 Å². The van der Waals surface area contributed by atoms with E-state index in [-0.39, 0.29) is 5.91 Å². The van der Waals surface area contributed by atoms with E-state index in [0.29, 0.717) is 23.3 Å². The van der Waals surface area contributed by atoms with Gasteiger partial charge in [0, 0.05) is 19.6 Å². The number of nitrogens with zero attached hydrogens (tertiary/aromatic N) is 3. The van der Waals surface area contributed by atoms with Crippen LogP contribution in [0.5, 0.6) is 0 Å². The van der Waals surface area contributed by atoms with Gasteiger partial charge in [-0.25, -0.2) is 0 Å². The number of anilines is 1. The molecule has 2 atom stereocenters. The molecule has 1 aliphatic carbocycles. The van der Waals surface area contributed by atoms with E-state index in [4.69, 9.17) is 5.73 Å². The van der Waals surface area contributed by atoms with Crippen LogP contribution in [-0.4, -0.2) is 33.2 Å². The zero-order valence-corrected chi connectivity index (χ0v) is 11.7. The van der Waals surface area contributed by atoms with Crippen molar-refractivity contribution in [2.75, 3.05) is 12.3 Å². The van der Waals surface area contributed by atoms with E-state index in [1.165, 1.54) is 19.3 Å². The van der Waals surface area contributed by atoms with Gasteiger partial charge in [-0.1, -0.05) is 12.8 Å². The number of carbonyl (C=O) groups is 1. The summed E-state index contributed by atoms with van der Waals surface area (Å²) in [5.74, 6) is 0.767. The molecule has 5 heteroatoms. The lowest BCUT2D eigenvalue weighted by atomic mass is 9.85. The maximum atomic E-state index is 12.7. The van der Waals surface area contributed by atoms with Crippen molar-refractivity contribution >= 4 is 11.6 Å². The molecule has 5 nitrogen and oxygen atoms in total. The molecule has 1 aromatic rings. The maximum absolute atomic E-state index is 12.7. The molecule has 1 saturated carbocycles. The zero-order chi connectivity index (χ0) is 13.6. The second-order valence-electron chi connectivity index (χ2n) is 5.87. The first-order valence-electron chi connectivity index (χ1n) is 7.19. The van der Waals surface area contributed by atoms with Gasteiger partial charge in [-0.05, 0) is 32.1 Å².